The number of hydrogen-bond acceptors (Lipinski definition) is 3. The van der Waals surface area contributed by atoms with Crippen molar-refractivity contribution in [1.29, 1.82) is 0 Å². The molecule has 0 radical (unpaired) electrons. The number of nitrogens with two attached hydrogens (primary N) is 1. The Labute approximate surface area is 103 Å². The van der Waals surface area contributed by atoms with Crippen molar-refractivity contribution in [1.82, 2.24) is 0 Å². The van der Waals surface area contributed by atoms with E-state index in [1.807, 2.05) is 0 Å². The quantitative estimate of drug-likeness (QED) is 0.447. The van der Waals surface area contributed by atoms with Gasteiger partial charge in [-0.1, -0.05) is 26.2 Å². The van der Waals surface area contributed by atoms with E-state index in [1.54, 1.807) is 18.2 Å². The topological polar surface area (TPSA) is 52.3 Å². The first kappa shape index (κ1) is 13.6. The predicted octanol–water partition coefficient (Wildman–Crippen LogP) is 3.43. The number of ketones is 1. The van der Waals surface area contributed by atoms with Crippen LogP contribution in [-0.4, -0.2) is 12.4 Å². The second kappa shape index (κ2) is 6.94. The molecule has 0 heterocycles. The molecule has 0 saturated heterocycles. The third-order valence-corrected chi connectivity index (χ3v) is 2.68. The molecule has 94 valence electrons. The van der Waals surface area contributed by atoms with Crippen LogP contribution >= 0.6 is 0 Å². The van der Waals surface area contributed by atoms with Crippen molar-refractivity contribution in [3.05, 3.63) is 23.8 Å². The van der Waals surface area contributed by atoms with Gasteiger partial charge >= 0.3 is 0 Å². The summed E-state index contributed by atoms with van der Waals surface area (Å²) in [7, 11) is 0. The number of carbonyl (C=O) groups is 1. The highest BCUT2D eigenvalue weighted by molar-refractivity contribution is 5.95. The van der Waals surface area contributed by atoms with Crippen molar-refractivity contribution in [3.63, 3.8) is 0 Å². The average molecular weight is 235 g/mol. The molecule has 0 aromatic heterocycles. The first-order chi connectivity index (χ1) is 8.15. The van der Waals surface area contributed by atoms with Crippen LogP contribution in [-0.2, 0) is 0 Å². The summed E-state index contributed by atoms with van der Waals surface area (Å²) in [5.41, 5.74) is 7.02. The Morgan fingerprint density at radius 3 is 2.71 bits per heavy atom. The molecule has 0 spiro atoms. The molecule has 1 rings (SSSR count). The van der Waals surface area contributed by atoms with Gasteiger partial charge in [-0.3, -0.25) is 4.79 Å². The lowest BCUT2D eigenvalue weighted by atomic mass is 10.1. The van der Waals surface area contributed by atoms with Crippen LogP contribution < -0.4 is 10.5 Å². The number of unbranched alkanes of at least 4 members (excludes halogenated alkanes) is 3. The second-order valence-corrected chi connectivity index (χ2v) is 4.22. The van der Waals surface area contributed by atoms with Crippen LogP contribution in [0.5, 0.6) is 5.75 Å². The van der Waals surface area contributed by atoms with E-state index in [4.69, 9.17) is 10.5 Å². The zero-order chi connectivity index (χ0) is 12.7. The number of benzene rings is 1. The minimum atomic E-state index is 0.0285. The number of rotatable bonds is 7. The summed E-state index contributed by atoms with van der Waals surface area (Å²) in [4.78, 5) is 11.2. The van der Waals surface area contributed by atoms with E-state index in [0.29, 0.717) is 23.6 Å². The van der Waals surface area contributed by atoms with E-state index in [9.17, 15) is 4.79 Å². The Morgan fingerprint density at radius 1 is 1.29 bits per heavy atom. The second-order valence-electron chi connectivity index (χ2n) is 4.22. The van der Waals surface area contributed by atoms with Gasteiger partial charge in [-0.2, -0.15) is 0 Å². The molecule has 2 N–H and O–H groups in total. The van der Waals surface area contributed by atoms with Crippen molar-refractivity contribution >= 4 is 11.5 Å². The smallest absolute Gasteiger partial charge is 0.159 e. The Hall–Kier alpha value is -1.51. The average Bonchev–Trinajstić information content (AvgIpc) is 2.30. The molecule has 0 amide bonds. The Balaban J connectivity index is 2.51. The van der Waals surface area contributed by atoms with Crippen LogP contribution in [0.25, 0.3) is 0 Å². The molecule has 0 aliphatic carbocycles. The van der Waals surface area contributed by atoms with Crippen molar-refractivity contribution in [3.8, 4) is 5.75 Å². The zero-order valence-corrected chi connectivity index (χ0v) is 10.7. The predicted molar refractivity (Wildman–Crippen MR) is 70.5 cm³/mol. The van der Waals surface area contributed by atoms with Gasteiger partial charge in [-0.05, 0) is 31.5 Å². The van der Waals surface area contributed by atoms with Gasteiger partial charge in [0.2, 0.25) is 0 Å². The normalized spacial score (nSPS) is 10.2. The highest BCUT2D eigenvalue weighted by Crippen LogP contribution is 2.23. The lowest BCUT2D eigenvalue weighted by Gasteiger charge is -2.09. The highest BCUT2D eigenvalue weighted by Gasteiger charge is 2.05. The van der Waals surface area contributed by atoms with Crippen molar-refractivity contribution in [2.24, 2.45) is 0 Å². The van der Waals surface area contributed by atoms with E-state index in [-0.39, 0.29) is 5.78 Å². The number of carbonyl (C=O) groups excluding carboxylic acids is 1. The highest BCUT2D eigenvalue weighted by atomic mass is 16.5. The van der Waals surface area contributed by atoms with Crippen molar-refractivity contribution in [2.45, 2.75) is 39.5 Å². The van der Waals surface area contributed by atoms with Gasteiger partial charge in [0.05, 0.1) is 12.3 Å². The molecule has 0 atom stereocenters. The van der Waals surface area contributed by atoms with Crippen LogP contribution in [0.1, 0.15) is 49.9 Å². The van der Waals surface area contributed by atoms with Gasteiger partial charge in [-0.25, -0.2) is 0 Å². The fourth-order valence-corrected chi connectivity index (χ4v) is 1.59. The molecule has 0 fully saturated rings. The molecule has 0 aliphatic rings. The minimum Gasteiger partial charge on any atom is -0.491 e. The molecular formula is C14H21NO2. The molecule has 0 saturated carbocycles. The standard InChI is InChI=1S/C14H21NO2/c1-3-4-5-6-9-17-14-10-12(11(2)16)7-8-13(14)15/h7-8,10H,3-6,9,15H2,1-2H3. The molecule has 0 aliphatic heterocycles. The van der Waals surface area contributed by atoms with Crippen LogP contribution in [0.15, 0.2) is 18.2 Å². The van der Waals surface area contributed by atoms with Gasteiger partial charge in [0, 0.05) is 5.56 Å². The van der Waals surface area contributed by atoms with Crippen LogP contribution in [0, 0.1) is 0 Å². The molecule has 17 heavy (non-hydrogen) atoms. The molecule has 0 bridgehead atoms. The van der Waals surface area contributed by atoms with E-state index in [0.717, 1.165) is 6.42 Å². The van der Waals surface area contributed by atoms with Crippen LogP contribution in [0.3, 0.4) is 0 Å². The van der Waals surface area contributed by atoms with Crippen LogP contribution in [0.4, 0.5) is 5.69 Å². The van der Waals surface area contributed by atoms with E-state index < -0.39 is 0 Å². The third kappa shape index (κ3) is 4.47. The Kier molecular flexibility index (Phi) is 5.53. The summed E-state index contributed by atoms with van der Waals surface area (Å²) in [6, 6.07) is 5.16. The SMILES string of the molecule is CCCCCCOc1cc(C(C)=O)ccc1N. The third-order valence-electron chi connectivity index (χ3n) is 2.68. The largest absolute Gasteiger partial charge is 0.491 e. The first-order valence-electron chi connectivity index (χ1n) is 6.18. The molecule has 3 nitrogen and oxygen atoms in total. The fourth-order valence-electron chi connectivity index (χ4n) is 1.59. The minimum absolute atomic E-state index is 0.0285. The van der Waals surface area contributed by atoms with Gasteiger partial charge in [0.15, 0.2) is 5.78 Å². The molecule has 1 aromatic carbocycles. The molecule has 3 heteroatoms. The lowest BCUT2D eigenvalue weighted by Crippen LogP contribution is -2.02. The number of Topliss-reactive ketones (excluding diaryl/α,β-unsaturated/α-hetero) is 1. The number of anilines is 1. The number of hydrogen-bond donors (Lipinski definition) is 1. The van der Waals surface area contributed by atoms with Gasteiger partial charge in [0.25, 0.3) is 0 Å². The summed E-state index contributed by atoms with van der Waals surface area (Å²) in [6.45, 7) is 4.37. The Bertz CT molecular complexity index is 374. The maximum atomic E-state index is 11.2. The van der Waals surface area contributed by atoms with Gasteiger partial charge < -0.3 is 10.5 Å². The molecule has 0 unspecified atom stereocenters. The fraction of sp³-hybridized carbons (Fsp3) is 0.500. The molecular weight excluding hydrogens is 214 g/mol. The van der Waals surface area contributed by atoms with Gasteiger partial charge in [0.1, 0.15) is 5.75 Å². The maximum absolute atomic E-state index is 11.2. The summed E-state index contributed by atoms with van der Waals surface area (Å²) in [6.07, 6.45) is 4.63. The summed E-state index contributed by atoms with van der Waals surface area (Å²) in [5, 5.41) is 0. The summed E-state index contributed by atoms with van der Waals surface area (Å²) >= 11 is 0. The van der Waals surface area contributed by atoms with Crippen molar-refractivity contribution < 1.29 is 9.53 Å². The maximum Gasteiger partial charge on any atom is 0.159 e. The van der Waals surface area contributed by atoms with E-state index >= 15 is 0 Å². The summed E-state index contributed by atoms with van der Waals surface area (Å²) < 4.78 is 5.60. The van der Waals surface area contributed by atoms with E-state index in [1.165, 1.54) is 26.2 Å². The number of nitrogen functional groups attached to an aromatic ring is 1. The summed E-state index contributed by atoms with van der Waals surface area (Å²) in [5.74, 6) is 0.648. The zero-order valence-electron chi connectivity index (χ0n) is 10.7. The van der Waals surface area contributed by atoms with Crippen LogP contribution in [0.2, 0.25) is 0 Å². The molecule has 1 aromatic rings. The monoisotopic (exact) mass is 235 g/mol. The van der Waals surface area contributed by atoms with E-state index in [2.05, 4.69) is 6.92 Å². The number of ether oxygens (including phenoxy) is 1. The Morgan fingerprint density at radius 2 is 2.06 bits per heavy atom. The lowest BCUT2D eigenvalue weighted by molar-refractivity contribution is 0.101. The van der Waals surface area contributed by atoms with Gasteiger partial charge in [-0.15, -0.1) is 0 Å². The van der Waals surface area contributed by atoms with Crippen molar-refractivity contribution in [2.75, 3.05) is 12.3 Å². The first-order valence-corrected chi connectivity index (χ1v) is 6.18.